The maximum Gasteiger partial charge on any atom is 0.140 e. The molecule has 2 aromatic heterocycles. The van der Waals surface area contributed by atoms with Gasteiger partial charge in [-0.1, -0.05) is 26.3 Å². The highest BCUT2D eigenvalue weighted by atomic mass is 14.9. The van der Waals surface area contributed by atoms with E-state index in [-0.39, 0.29) is 0 Å². The van der Waals surface area contributed by atoms with Gasteiger partial charge in [0.1, 0.15) is 5.82 Å². The van der Waals surface area contributed by atoms with Crippen molar-refractivity contribution in [3.05, 3.63) is 54.5 Å². The minimum Gasteiger partial charge on any atom is -0.359 e. The van der Waals surface area contributed by atoms with Gasteiger partial charge in [-0.15, -0.1) is 0 Å². The molecule has 4 atom stereocenters. The number of pyridine rings is 1. The molecule has 0 amide bonds. The van der Waals surface area contributed by atoms with Gasteiger partial charge in [-0.2, -0.15) is 0 Å². The fraction of sp³-hybridized carbons (Fsp3) is 0.391. The van der Waals surface area contributed by atoms with Crippen LogP contribution in [0.4, 0.5) is 5.69 Å². The number of imidazole rings is 1. The van der Waals surface area contributed by atoms with Crippen molar-refractivity contribution in [2.24, 2.45) is 23.7 Å². The smallest absolute Gasteiger partial charge is 0.140 e. The molecule has 1 saturated carbocycles. The van der Waals surface area contributed by atoms with E-state index in [9.17, 15) is 0 Å². The van der Waals surface area contributed by atoms with E-state index in [2.05, 4.69) is 53.4 Å². The summed E-state index contributed by atoms with van der Waals surface area (Å²) in [4.78, 5) is 12.3. The lowest BCUT2D eigenvalue weighted by molar-refractivity contribution is 0.203. The number of allylic oxidation sites excluding steroid dienone is 2. The van der Waals surface area contributed by atoms with Gasteiger partial charge in [-0.25, -0.2) is 4.98 Å². The molecule has 0 bridgehead atoms. The number of fused-ring (bicyclic) bond motifs is 2. The molecule has 0 saturated heterocycles. The van der Waals surface area contributed by atoms with Gasteiger partial charge in [-0.05, 0) is 60.9 Å². The number of aromatic nitrogens is 3. The maximum atomic E-state index is 4.71. The normalized spacial score (nSPS) is 27.4. The van der Waals surface area contributed by atoms with Crippen molar-refractivity contribution in [3.63, 3.8) is 0 Å². The zero-order valence-corrected chi connectivity index (χ0v) is 15.9. The second-order valence-corrected chi connectivity index (χ2v) is 8.35. The summed E-state index contributed by atoms with van der Waals surface area (Å²) in [5, 5.41) is 3.73. The van der Waals surface area contributed by atoms with Gasteiger partial charge in [0.05, 0.1) is 11.0 Å². The number of hydrogen-bond acceptors (Lipinski definition) is 3. The first kappa shape index (κ1) is 16.5. The molecule has 2 aliphatic rings. The number of benzene rings is 1. The van der Waals surface area contributed by atoms with Crippen LogP contribution in [0.5, 0.6) is 0 Å². The first-order valence-corrected chi connectivity index (χ1v) is 10.1. The summed E-state index contributed by atoms with van der Waals surface area (Å²) >= 11 is 0. The maximum absolute atomic E-state index is 4.71. The molecule has 0 radical (unpaired) electrons. The standard InChI is InChI=1S/C23H26N4/c1-14-5-7-18-15(2)11-21(19(18)10-14)25-17-6-8-20-22(12-17)27-23(26-20)16-4-3-9-24-13-16/h3-4,6,8-9,11-15,18-19,25H,5,7,10H2,1-2H3,(H,26,27)/t14-,15?,18+,19-/m1/s1. The predicted octanol–water partition coefficient (Wildman–Crippen LogP) is 5.62. The molecule has 1 fully saturated rings. The highest BCUT2D eigenvalue weighted by Gasteiger charge is 2.38. The van der Waals surface area contributed by atoms with Crippen molar-refractivity contribution in [1.29, 1.82) is 0 Å². The van der Waals surface area contributed by atoms with Crippen molar-refractivity contribution < 1.29 is 0 Å². The number of anilines is 1. The number of H-pyrrole nitrogens is 1. The van der Waals surface area contributed by atoms with Crippen LogP contribution in [0.1, 0.15) is 33.1 Å². The van der Waals surface area contributed by atoms with Crippen LogP contribution in [-0.4, -0.2) is 15.0 Å². The molecular formula is C23H26N4. The minimum absolute atomic E-state index is 0.679. The van der Waals surface area contributed by atoms with Crippen LogP contribution in [-0.2, 0) is 0 Å². The van der Waals surface area contributed by atoms with Gasteiger partial charge in [0.25, 0.3) is 0 Å². The van der Waals surface area contributed by atoms with E-state index in [1.165, 1.54) is 25.0 Å². The van der Waals surface area contributed by atoms with Crippen molar-refractivity contribution in [2.45, 2.75) is 33.1 Å². The van der Waals surface area contributed by atoms with Crippen molar-refractivity contribution >= 4 is 16.7 Å². The molecule has 2 heterocycles. The number of nitrogens with zero attached hydrogens (tertiary/aromatic N) is 2. The average Bonchev–Trinajstić information content (AvgIpc) is 3.23. The zero-order chi connectivity index (χ0) is 18.4. The van der Waals surface area contributed by atoms with Crippen LogP contribution in [0.15, 0.2) is 54.5 Å². The molecule has 1 aromatic carbocycles. The summed E-state index contributed by atoms with van der Waals surface area (Å²) in [6.45, 7) is 4.77. The Morgan fingerprint density at radius 1 is 1.15 bits per heavy atom. The third kappa shape index (κ3) is 3.03. The molecule has 4 nitrogen and oxygen atoms in total. The van der Waals surface area contributed by atoms with E-state index in [4.69, 9.17) is 4.98 Å². The lowest BCUT2D eigenvalue weighted by Crippen LogP contribution is -2.26. The van der Waals surface area contributed by atoms with E-state index in [0.29, 0.717) is 11.8 Å². The monoisotopic (exact) mass is 358 g/mol. The molecule has 1 unspecified atom stereocenters. The SMILES string of the molecule is CC1C=C(Nc2ccc3nc(-c4cccnc4)[nH]c3c2)[C@@H]2C[C@H](C)CC[C@@H]12. The van der Waals surface area contributed by atoms with Crippen molar-refractivity contribution in [2.75, 3.05) is 5.32 Å². The minimum atomic E-state index is 0.679. The third-order valence-electron chi connectivity index (χ3n) is 6.39. The van der Waals surface area contributed by atoms with Crippen LogP contribution in [0.3, 0.4) is 0 Å². The number of rotatable bonds is 3. The molecule has 0 aliphatic heterocycles. The van der Waals surface area contributed by atoms with Gasteiger partial charge in [0.2, 0.25) is 0 Å². The van der Waals surface area contributed by atoms with E-state index in [0.717, 1.165) is 39.9 Å². The fourth-order valence-electron chi connectivity index (χ4n) is 4.95. The van der Waals surface area contributed by atoms with E-state index in [1.807, 2.05) is 18.3 Å². The Balaban J connectivity index is 1.41. The Hall–Kier alpha value is -2.62. The average molecular weight is 358 g/mol. The Morgan fingerprint density at radius 3 is 2.93 bits per heavy atom. The summed E-state index contributed by atoms with van der Waals surface area (Å²) in [5.74, 6) is 3.88. The van der Waals surface area contributed by atoms with Crippen LogP contribution in [0.25, 0.3) is 22.4 Å². The predicted molar refractivity (Wildman–Crippen MR) is 110 cm³/mol. The Morgan fingerprint density at radius 2 is 2.07 bits per heavy atom. The van der Waals surface area contributed by atoms with Gasteiger partial charge >= 0.3 is 0 Å². The molecule has 4 heteroatoms. The topological polar surface area (TPSA) is 53.6 Å². The second kappa shape index (κ2) is 6.52. The van der Waals surface area contributed by atoms with Crippen molar-refractivity contribution in [1.82, 2.24) is 15.0 Å². The summed E-state index contributed by atoms with van der Waals surface area (Å²) in [5.41, 5.74) is 5.61. The van der Waals surface area contributed by atoms with Crippen molar-refractivity contribution in [3.8, 4) is 11.4 Å². The quantitative estimate of drug-likeness (QED) is 0.638. The Bertz CT molecular complexity index is 988. The first-order valence-electron chi connectivity index (χ1n) is 10.1. The lowest BCUT2D eigenvalue weighted by Gasteiger charge is -2.33. The summed E-state index contributed by atoms with van der Waals surface area (Å²) in [6, 6.07) is 10.4. The van der Waals surface area contributed by atoms with Gasteiger partial charge < -0.3 is 10.3 Å². The summed E-state index contributed by atoms with van der Waals surface area (Å²) in [6.07, 6.45) is 10.1. The summed E-state index contributed by atoms with van der Waals surface area (Å²) in [7, 11) is 0. The first-order chi connectivity index (χ1) is 13.2. The zero-order valence-electron chi connectivity index (χ0n) is 15.9. The number of aromatic amines is 1. The van der Waals surface area contributed by atoms with E-state index >= 15 is 0 Å². The Labute approximate surface area is 160 Å². The molecular weight excluding hydrogens is 332 g/mol. The van der Waals surface area contributed by atoms with Crippen LogP contribution < -0.4 is 5.32 Å². The molecule has 3 aromatic rings. The highest BCUT2D eigenvalue weighted by Crippen LogP contribution is 2.47. The van der Waals surface area contributed by atoms with Crippen LogP contribution >= 0.6 is 0 Å². The largest absolute Gasteiger partial charge is 0.359 e. The molecule has 2 aliphatic carbocycles. The Kier molecular flexibility index (Phi) is 4.00. The van der Waals surface area contributed by atoms with Gasteiger partial charge in [0.15, 0.2) is 0 Å². The lowest BCUT2D eigenvalue weighted by atomic mass is 9.73. The molecule has 27 heavy (non-hydrogen) atoms. The van der Waals surface area contributed by atoms with Crippen LogP contribution in [0.2, 0.25) is 0 Å². The highest BCUT2D eigenvalue weighted by molar-refractivity contribution is 5.83. The van der Waals surface area contributed by atoms with Gasteiger partial charge in [0, 0.05) is 35.3 Å². The second-order valence-electron chi connectivity index (χ2n) is 8.35. The molecule has 2 N–H and O–H groups in total. The summed E-state index contributed by atoms with van der Waals surface area (Å²) < 4.78 is 0. The third-order valence-corrected chi connectivity index (χ3v) is 6.39. The van der Waals surface area contributed by atoms with Crippen LogP contribution in [0, 0.1) is 23.7 Å². The number of hydrogen-bond donors (Lipinski definition) is 2. The van der Waals surface area contributed by atoms with E-state index < -0.39 is 0 Å². The molecule has 0 spiro atoms. The van der Waals surface area contributed by atoms with Gasteiger partial charge in [-0.3, -0.25) is 4.98 Å². The van der Waals surface area contributed by atoms with E-state index in [1.54, 1.807) is 6.20 Å². The molecule has 5 rings (SSSR count). The molecule has 138 valence electrons. The fourth-order valence-corrected chi connectivity index (χ4v) is 4.95. The number of nitrogens with one attached hydrogen (secondary N) is 2.